The van der Waals surface area contributed by atoms with Crippen LogP contribution in [0.5, 0.6) is 0 Å². The van der Waals surface area contributed by atoms with E-state index < -0.39 is 0 Å². The number of nitrogens with one attached hydrogen (secondary N) is 1. The first kappa shape index (κ1) is 9.79. The molecule has 0 aliphatic carbocycles. The van der Waals surface area contributed by atoms with Gasteiger partial charge in [0.05, 0.1) is 5.38 Å². The maximum Gasteiger partial charge on any atom is 0.230 e. The summed E-state index contributed by atoms with van der Waals surface area (Å²) in [5.41, 5.74) is 0. The minimum Gasteiger partial charge on any atom is -0.280 e. The number of hydrogen-bond donors (Lipinski definition) is 1. The number of carbonyl (C=O) groups is 1. The van der Waals surface area contributed by atoms with Crippen LogP contribution >= 0.6 is 23.4 Å². The number of thioether (sulfide) groups is 1. The molecule has 7 heteroatoms. The van der Waals surface area contributed by atoms with Gasteiger partial charge in [-0.3, -0.25) is 9.69 Å². The molecule has 5 nitrogen and oxygen atoms in total. The van der Waals surface area contributed by atoms with Gasteiger partial charge in [0.25, 0.3) is 0 Å². The van der Waals surface area contributed by atoms with Crippen LogP contribution in [0.3, 0.4) is 0 Å². The highest BCUT2D eigenvalue weighted by atomic mass is 35.5. The number of rotatable bonds is 2. The first-order chi connectivity index (χ1) is 6.70. The van der Waals surface area contributed by atoms with Crippen LogP contribution in [0.25, 0.3) is 0 Å². The van der Waals surface area contributed by atoms with Crippen molar-refractivity contribution in [2.24, 2.45) is 0 Å². The van der Waals surface area contributed by atoms with Gasteiger partial charge in [0.2, 0.25) is 17.0 Å². The Balaban J connectivity index is 2.18. The van der Waals surface area contributed by atoms with E-state index in [-0.39, 0.29) is 11.3 Å². The number of anilines is 1. The Morgan fingerprint density at radius 2 is 2.50 bits per heavy atom. The number of nitrogens with zero attached hydrogens (tertiary/aromatic N) is 3. The van der Waals surface area contributed by atoms with Gasteiger partial charge in [0.15, 0.2) is 0 Å². The van der Waals surface area contributed by atoms with Crippen LogP contribution in [0, 0.1) is 0 Å². The molecule has 1 N–H and O–H groups in total. The molecule has 14 heavy (non-hydrogen) atoms. The predicted octanol–water partition coefficient (Wildman–Crippen LogP) is 0.871. The van der Waals surface area contributed by atoms with Crippen molar-refractivity contribution in [1.29, 1.82) is 0 Å². The molecule has 1 aliphatic rings. The van der Waals surface area contributed by atoms with Crippen molar-refractivity contribution in [2.45, 2.75) is 17.0 Å². The average Bonchev–Trinajstić information content (AvgIpc) is 2.71. The lowest BCUT2D eigenvalue weighted by atomic mass is 10.4. The average molecular weight is 233 g/mol. The fraction of sp³-hybridized carbons (Fsp3) is 0.571. The van der Waals surface area contributed by atoms with Gasteiger partial charge in [0, 0.05) is 13.0 Å². The summed E-state index contributed by atoms with van der Waals surface area (Å²) in [5, 5.41) is 7.15. The minimum absolute atomic E-state index is 0.00574. The Morgan fingerprint density at radius 1 is 1.71 bits per heavy atom. The zero-order chi connectivity index (χ0) is 10.1. The van der Waals surface area contributed by atoms with Gasteiger partial charge in [-0.2, -0.15) is 4.98 Å². The van der Waals surface area contributed by atoms with Crippen molar-refractivity contribution >= 4 is 35.2 Å². The maximum absolute atomic E-state index is 11.4. The molecular formula is C7H9ClN4OS. The van der Waals surface area contributed by atoms with Gasteiger partial charge in [-0.25, -0.2) is 5.10 Å². The fourth-order valence-corrected chi connectivity index (χ4v) is 1.90. The van der Waals surface area contributed by atoms with Crippen molar-refractivity contribution < 1.29 is 4.79 Å². The van der Waals surface area contributed by atoms with Crippen LogP contribution < -0.4 is 4.90 Å². The van der Waals surface area contributed by atoms with E-state index >= 15 is 0 Å². The standard InChI is InChI=1S/C7H9ClN4OS/c1-14-7-9-6(10-11-7)12-3-4(8)2-5(12)13/h4H,2-3H2,1H3,(H,9,10,11). The summed E-state index contributed by atoms with van der Waals surface area (Å²) >= 11 is 7.29. The number of aromatic amines is 1. The number of amides is 1. The Kier molecular flexibility index (Phi) is 2.64. The van der Waals surface area contributed by atoms with Crippen LogP contribution in [0.2, 0.25) is 0 Å². The SMILES string of the molecule is CSc1n[nH]c(N2CC(Cl)CC2=O)n1. The fourth-order valence-electron chi connectivity index (χ4n) is 1.32. The van der Waals surface area contributed by atoms with E-state index in [1.807, 2.05) is 6.26 Å². The van der Waals surface area contributed by atoms with E-state index in [1.165, 1.54) is 16.7 Å². The summed E-state index contributed by atoms with van der Waals surface area (Å²) < 4.78 is 0. The molecule has 0 bridgehead atoms. The normalized spacial score (nSPS) is 22.0. The Labute approximate surface area is 90.2 Å². The Bertz CT molecular complexity index is 355. The van der Waals surface area contributed by atoms with Crippen molar-refractivity contribution in [3.05, 3.63) is 0 Å². The van der Waals surface area contributed by atoms with E-state index in [2.05, 4.69) is 15.2 Å². The highest BCUT2D eigenvalue weighted by Gasteiger charge is 2.31. The zero-order valence-electron chi connectivity index (χ0n) is 7.53. The number of H-pyrrole nitrogens is 1. The third kappa shape index (κ3) is 1.72. The molecule has 2 rings (SSSR count). The Hall–Kier alpha value is -0.750. The van der Waals surface area contributed by atoms with Crippen molar-refractivity contribution in [1.82, 2.24) is 15.2 Å². The molecule has 0 aromatic carbocycles. The monoisotopic (exact) mass is 232 g/mol. The number of halogens is 1. The van der Waals surface area contributed by atoms with Gasteiger partial charge < -0.3 is 0 Å². The van der Waals surface area contributed by atoms with Crippen LogP contribution in [0.1, 0.15) is 6.42 Å². The molecule has 1 atom stereocenters. The molecule has 0 saturated carbocycles. The van der Waals surface area contributed by atoms with Crippen molar-refractivity contribution in [3.63, 3.8) is 0 Å². The van der Waals surface area contributed by atoms with E-state index in [4.69, 9.17) is 11.6 Å². The maximum atomic E-state index is 11.4. The molecule has 1 aromatic heterocycles. The third-order valence-electron chi connectivity index (χ3n) is 1.97. The second-order valence-electron chi connectivity index (χ2n) is 2.95. The molecule has 2 heterocycles. The summed E-state index contributed by atoms with van der Waals surface area (Å²) in [6, 6.07) is 0. The van der Waals surface area contributed by atoms with Gasteiger partial charge in [-0.05, 0) is 6.26 Å². The topological polar surface area (TPSA) is 61.9 Å². The molecule has 1 fully saturated rings. The number of carbonyl (C=O) groups excluding carboxylic acids is 1. The van der Waals surface area contributed by atoms with Gasteiger partial charge in [-0.15, -0.1) is 16.7 Å². The highest BCUT2D eigenvalue weighted by Crippen LogP contribution is 2.22. The van der Waals surface area contributed by atoms with Gasteiger partial charge in [-0.1, -0.05) is 11.8 Å². The largest absolute Gasteiger partial charge is 0.280 e. The summed E-state index contributed by atoms with van der Waals surface area (Å²) in [7, 11) is 0. The molecule has 1 saturated heterocycles. The summed E-state index contributed by atoms with van der Waals surface area (Å²) in [5.74, 6) is 0.483. The molecule has 1 aliphatic heterocycles. The second-order valence-corrected chi connectivity index (χ2v) is 4.34. The molecule has 1 aromatic rings. The summed E-state index contributed by atoms with van der Waals surface area (Å²) in [6.07, 6.45) is 2.25. The zero-order valence-corrected chi connectivity index (χ0v) is 9.10. The summed E-state index contributed by atoms with van der Waals surface area (Å²) in [6.45, 7) is 0.503. The van der Waals surface area contributed by atoms with E-state index in [1.54, 1.807) is 0 Å². The van der Waals surface area contributed by atoms with Crippen molar-refractivity contribution in [2.75, 3.05) is 17.7 Å². The number of alkyl halides is 1. The second kappa shape index (κ2) is 3.78. The van der Waals surface area contributed by atoms with Gasteiger partial charge >= 0.3 is 0 Å². The minimum atomic E-state index is -0.120. The lowest BCUT2D eigenvalue weighted by Crippen LogP contribution is -2.25. The van der Waals surface area contributed by atoms with Crippen LogP contribution in [0.4, 0.5) is 5.95 Å². The van der Waals surface area contributed by atoms with Crippen LogP contribution in [-0.2, 0) is 4.79 Å². The number of hydrogen-bond acceptors (Lipinski definition) is 4. The molecule has 0 radical (unpaired) electrons. The van der Waals surface area contributed by atoms with Crippen LogP contribution in [0.15, 0.2) is 5.16 Å². The van der Waals surface area contributed by atoms with E-state index in [0.717, 1.165) is 0 Å². The quantitative estimate of drug-likeness (QED) is 0.607. The lowest BCUT2D eigenvalue weighted by Gasteiger charge is -2.09. The number of aromatic nitrogens is 3. The predicted molar refractivity (Wildman–Crippen MR) is 54.8 cm³/mol. The molecule has 0 spiro atoms. The molecular weight excluding hydrogens is 224 g/mol. The smallest absolute Gasteiger partial charge is 0.230 e. The van der Waals surface area contributed by atoms with E-state index in [9.17, 15) is 4.79 Å². The van der Waals surface area contributed by atoms with Crippen LogP contribution in [-0.4, -0.2) is 39.3 Å². The first-order valence-electron chi connectivity index (χ1n) is 4.11. The molecule has 1 unspecified atom stereocenters. The van der Waals surface area contributed by atoms with Crippen molar-refractivity contribution in [3.8, 4) is 0 Å². The summed E-state index contributed by atoms with van der Waals surface area (Å²) in [4.78, 5) is 17.1. The highest BCUT2D eigenvalue weighted by molar-refractivity contribution is 7.98. The first-order valence-corrected chi connectivity index (χ1v) is 5.77. The van der Waals surface area contributed by atoms with E-state index in [0.29, 0.717) is 24.1 Å². The molecule has 1 amide bonds. The Morgan fingerprint density at radius 3 is 3.00 bits per heavy atom. The molecule has 76 valence electrons. The lowest BCUT2D eigenvalue weighted by molar-refractivity contribution is -0.117. The van der Waals surface area contributed by atoms with Gasteiger partial charge in [0.1, 0.15) is 0 Å². The third-order valence-corrected chi connectivity index (χ3v) is 2.81.